The first-order chi connectivity index (χ1) is 21.7. The van der Waals surface area contributed by atoms with Crippen LogP contribution in [0, 0.1) is 0 Å². The van der Waals surface area contributed by atoms with Crippen LogP contribution in [0.2, 0.25) is 0 Å². The Balaban J connectivity index is 1.31. The second kappa shape index (κ2) is 12.2. The zero-order valence-electron chi connectivity index (χ0n) is 23.6. The Kier molecular flexibility index (Phi) is 7.62. The number of para-hydroxylation sites is 2. The summed E-state index contributed by atoms with van der Waals surface area (Å²) in [7, 11) is 1.64. The molecule has 214 valence electrons. The molecule has 0 saturated carbocycles. The van der Waals surface area contributed by atoms with E-state index in [9.17, 15) is 4.79 Å². The molecule has 6 aromatic rings. The van der Waals surface area contributed by atoms with Gasteiger partial charge in [0, 0.05) is 28.3 Å². The van der Waals surface area contributed by atoms with Gasteiger partial charge in [-0.1, -0.05) is 66.7 Å². The number of amidine groups is 1. The van der Waals surface area contributed by atoms with E-state index in [-0.39, 0.29) is 5.91 Å². The van der Waals surface area contributed by atoms with Gasteiger partial charge < -0.3 is 4.74 Å². The number of rotatable bonds is 7. The molecule has 0 atom stereocenters. The number of benzene rings is 4. The summed E-state index contributed by atoms with van der Waals surface area (Å²) in [4.78, 5) is 25.8. The number of aromatic nitrogens is 3. The van der Waals surface area contributed by atoms with Crippen LogP contribution >= 0.6 is 23.1 Å². The molecule has 7 nitrogen and oxygen atoms in total. The molecule has 1 aliphatic heterocycles. The predicted molar refractivity (Wildman–Crippen MR) is 180 cm³/mol. The molecule has 1 fully saturated rings. The Bertz CT molecular complexity index is 1980. The van der Waals surface area contributed by atoms with Crippen LogP contribution < -0.4 is 9.64 Å². The number of amides is 1. The number of anilines is 1. The van der Waals surface area contributed by atoms with Gasteiger partial charge in [0.05, 0.1) is 34.8 Å². The maximum absolute atomic E-state index is 14.0. The number of nitrogens with zero attached hydrogens (tertiary/aromatic N) is 5. The van der Waals surface area contributed by atoms with Gasteiger partial charge in [-0.15, -0.1) is 11.3 Å². The number of hydrogen-bond acceptors (Lipinski definition) is 7. The van der Waals surface area contributed by atoms with Crippen LogP contribution in [0.3, 0.4) is 0 Å². The monoisotopic (exact) mass is 611 g/mol. The number of methoxy groups -OCH3 is 1. The maximum atomic E-state index is 14.0. The van der Waals surface area contributed by atoms with Crippen LogP contribution in [0.25, 0.3) is 34.3 Å². The molecular formula is C35H25N5O2S2. The van der Waals surface area contributed by atoms with Crippen molar-refractivity contribution in [3.05, 3.63) is 137 Å². The normalized spacial score (nSPS) is 14.9. The number of aliphatic imine (C=N–C) groups is 1. The summed E-state index contributed by atoms with van der Waals surface area (Å²) in [5, 5.41) is 8.04. The second-order valence-electron chi connectivity index (χ2n) is 9.80. The van der Waals surface area contributed by atoms with Crippen LogP contribution in [-0.4, -0.2) is 32.9 Å². The molecule has 0 radical (unpaired) electrons. The van der Waals surface area contributed by atoms with Gasteiger partial charge in [0.15, 0.2) is 5.17 Å². The lowest BCUT2D eigenvalue weighted by Gasteiger charge is -2.14. The SMILES string of the molecule is COc1ccc(-c2nn(-c3ccccc3)cc2/C=C2\S/C(=N/c3nc(-c4ccccc4)cs3)N(c3ccccc3)C2=O)cc1. The van der Waals surface area contributed by atoms with Crippen LogP contribution in [0.5, 0.6) is 5.75 Å². The molecule has 2 aromatic heterocycles. The molecule has 3 heterocycles. The Morgan fingerprint density at radius 3 is 2.14 bits per heavy atom. The minimum absolute atomic E-state index is 0.159. The van der Waals surface area contributed by atoms with Crippen molar-refractivity contribution in [1.82, 2.24) is 14.8 Å². The van der Waals surface area contributed by atoms with Crippen LogP contribution in [0.15, 0.2) is 137 Å². The fraction of sp³-hybridized carbons (Fsp3) is 0.0286. The van der Waals surface area contributed by atoms with Crippen LogP contribution in [0.1, 0.15) is 5.56 Å². The van der Waals surface area contributed by atoms with Crippen molar-refractivity contribution in [2.45, 2.75) is 0 Å². The van der Waals surface area contributed by atoms with E-state index in [1.807, 2.05) is 138 Å². The summed E-state index contributed by atoms with van der Waals surface area (Å²) in [5.41, 5.74) is 6.00. The van der Waals surface area contributed by atoms with Crippen LogP contribution in [-0.2, 0) is 4.79 Å². The standard InChI is InChI=1S/C35H25N5O2S2/c1-42-29-19-17-25(18-20-29)32-26(22-39(38-32)27-13-7-3-8-14-27)21-31-33(41)40(28-15-9-4-10-16-28)35(44-31)37-34-36-30(23-43-34)24-11-5-2-6-12-24/h2-23H,1H3/b31-21-,37-35+. The largest absolute Gasteiger partial charge is 0.497 e. The molecule has 0 aliphatic carbocycles. The van der Waals surface area contributed by atoms with Gasteiger partial charge in [-0.05, 0) is 66.4 Å². The van der Waals surface area contributed by atoms with Gasteiger partial charge in [-0.2, -0.15) is 10.1 Å². The van der Waals surface area contributed by atoms with Crippen molar-refractivity contribution >= 4 is 51.1 Å². The third-order valence-electron chi connectivity index (χ3n) is 6.99. The average Bonchev–Trinajstić information content (AvgIpc) is 3.80. The summed E-state index contributed by atoms with van der Waals surface area (Å²) < 4.78 is 7.20. The summed E-state index contributed by atoms with van der Waals surface area (Å²) in [6.07, 6.45) is 3.85. The highest BCUT2D eigenvalue weighted by Gasteiger charge is 2.35. The minimum atomic E-state index is -0.159. The summed E-state index contributed by atoms with van der Waals surface area (Å²) in [6, 6.07) is 37.2. The second-order valence-corrected chi connectivity index (χ2v) is 11.6. The zero-order valence-corrected chi connectivity index (χ0v) is 25.2. The highest BCUT2D eigenvalue weighted by atomic mass is 32.2. The van der Waals surface area contributed by atoms with Crippen molar-refractivity contribution in [3.63, 3.8) is 0 Å². The van der Waals surface area contributed by atoms with Gasteiger partial charge in [0.2, 0.25) is 5.13 Å². The van der Waals surface area contributed by atoms with Gasteiger partial charge in [0.1, 0.15) is 5.75 Å². The predicted octanol–water partition coefficient (Wildman–Crippen LogP) is 8.48. The minimum Gasteiger partial charge on any atom is -0.497 e. The summed E-state index contributed by atoms with van der Waals surface area (Å²) in [5.74, 6) is 0.600. The van der Waals surface area contributed by atoms with E-state index in [4.69, 9.17) is 19.8 Å². The number of thiazole rings is 1. The molecule has 0 N–H and O–H groups in total. The van der Waals surface area contributed by atoms with E-state index in [0.717, 1.165) is 45.2 Å². The number of carbonyl (C=O) groups excluding carboxylic acids is 1. The van der Waals surface area contributed by atoms with Gasteiger partial charge in [-0.3, -0.25) is 9.69 Å². The van der Waals surface area contributed by atoms with Crippen molar-refractivity contribution in [1.29, 1.82) is 0 Å². The number of hydrogen-bond donors (Lipinski definition) is 0. The highest BCUT2D eigenvalue weighted by Crippen LogP contribution is 2.39. The van der Waals surface area contributed by atoms with E-state index in [2.05, 4.69) is 0 Å². The third-order valence-corrected chi connectivity index (χ3v) is 8.69. The molecule has 1 amide bonds. The van der Waals surface area contributed by atoms with Gasteiger partial charge in [0.25, 0.3) is 5.91 Å². The summed E-state index contributed by atoms with van der Waals surface area (Å²) >= 11 is 2.77. The van der Waals surface area contributed by atoms with E-state index in [1.165, 1.54) is 23.1 Å². The van der Waals surface area contributed by atoms with E-state index < -0.39 is 0 Å². The van der Waals surface area contributed by atoms with Crippen molar-refractivity contribution < 1.29 is 9.53 Å². The van der Waals surface area contributed by atoms with Crippen molar-refractivity contribution in [2.75, 3.05) is 12.0 Å². The maximum Gasteiger partial charge on any atom is 0.271 e. The lowest BCUT2D eigenvalue weighted by atomic mass is 10.1. The lowest BCUT2D eigenvalue weighted by molar-refractivity contribution is -0.113. The summed E-state index contributed by atoms with van der Waals surface area (Å²) in [6.45, 7) is 0. The molecule has 9 heteroatoms. The Labute approximate surface area is 262 Å². The van der Waals surface area contributed by atoms with Gasteiger partial charge in [-0.25, -0.2) is 9.67 Å². The number of carbonyl (C=O) groups is 1. The fourth-order valence-corrected chi connectivity index (χ4v) is 6.54. The van der Waals surface area contributed by atoms with Crippen LogP contribution in [0.4, 0.5) is 10.8 Å². The van der Waals surface area contributed by atoms with E-state index in [1.54, 1.807) is 12.0 Å². The Morgan fingerprint density at radius 1 is 0.795 bits per heavy atom. The first-order valence-electron chi connectivity index (χ1n) is 13.8. The van der Waals surface area contributed by atoms with Crippen molar-refractivity contribution in [3.8, 4) is 34.0 Å². The van der Waals surface area contributed by atoms with Crippen molar-refractivity contribution in [2.24, 2.45) is 4.99 Å². The lowest BCUT2D eigenvalue weighted by Crippen LogP contribution is -2.28. The van der Waals surface area contributed by atoms with Gasteiger partial charge >= 0.3 is 0 Å². The first-order valence-corrected chi connectivity index (χ1v) is 15.5. The third kappa shape index (κ3) is 5.58. The quantitative estimate of drug-likeness (QED) is 0.169. The molecule has 44 heavy (non-hydrogen) atoms. The molecule has 1 aliphatic rings. The topological polar surface area (TPSA) is 72.6 Å². The molecule has 0 spiro atoms. The molecular weight excluding hydrogens is 587 g/mol. The Morgan fingerprint density at radius 2 is 1.45 bits per heavy atom. The molecule has 1 saturated heterocycles. The highest BCUT2D eigenvalue weighted by molar-refractivity contribution is 8.19. The molecule has 0 bridgehead atoms. The first kappa shape index (κ1) is 27.6. The molecule has 0 unspecified atom stereocenters. The zero-order chi connectivity index (χ0) is 29.9. The molecule has 7 rings (SSSR count). The van der Waals surface area contributed by atoms with E-state index in [0.29, 0.717) is 15.2 Å². The average molecular weight is 612 g/mol. The fourth-order valence-electron chi connectivity index (χ4n) is 4.81. The smallest absolute Gasteiger partial charge is 0.271 e. The number of thioether (sulfide) groups is 1. The van der Waals surface area contributed by atoms with E-state index >= 15 is 0 Å². The number of ether oxygens (including phenoxy) is 1. The molecule has 4 aromatic carbocycles. The Hall–Kier alpha value is -5.25.